The Morgan fingerprint density at radius 2 is 2.35 bits per heavy atom. The SMILES string of the molecule is CCNC(Cc1nc(Cc2cccnc2)no1)C1CC1. The molecule has 5 heteroatoms. The Hall–Kier alpha value is -1.75. The van der Waals surface area contributed by atoms with Crippen molar-refractivity contribution in [2.45, 2.75) is 38.6 Å². The largest absolute Gasteiger partial charge is 0.339 e. The van der Waals surface area contributed by atoms with Gasteiger partial charge in [0.2, 0.25) is 5.89 Å². The summed E-state index contributed by atoms with van der Waals surface area (Å²) in [6.45, 7) is 3.12. The number of nitrogens with one attached hydrogen (secondary N) is 1. The van der Waals surface area contributed by atoms with Crippen molar-refractivity contribution in [3.05, 3.63) is 41.8 Å². The Labute approximate surface area is 118 Å². The van der Waals surface area contributed by atoms with Crippen molar-refractivity contribution in [2.75, 3.05) is 6.54 Å². The van der Waals surface area contributed by atoms with Gasteiger partial charge in [-0.3, -0.25) is 4.98 Å². The van der Waals surface area contributed by atoms with E-state index in [0.29, 0.717) is 12.5 Å². The predicted octanol–water partition coefficient (Wildman–Crippen LogP) is 1.99. The van der Waals surface area contributed by atoms with Crippen molar-refractivity contribution >= 4 is 0 Å². The highest BCUT2D eigenvalue weighted by molar-refractivity contribution is 5.13. The highest BCUT2D eigenvalue weighted by Crippen LogP contribution is 2.33. The fourth-order valence-corrected chi connectivity index (χ4v) is 2.48. The molecule has 2 heterocycles. The quantitative estimate of drug-likeness (QED) is 0.835. The topological polar surface area (TPSA) is 63.8 Å². The van der Waals surface area contributed by atoms with E-state index in [1.54, 1.807) is 6.20 Å². The molecule has 0 saturated heterocycles. The summed E-state index contributed by atoms with van der Waals surface area (Å²) in [5.74, 6) is 2.25. The Morgan fingerprint density at radius 3 is 3.05 bits per heavy atom. The maximum atomic E-state index is 5.37. The molecular formula is C15H20N4O. The van der Waals surface area contributed by atoms with E-state index in [9.17, 15) is 0 Å². The zero-order valence-corrected chi connectivity index (χ0v) is 11.7. The highest BCUT2D eigenvalue weighted by atomic mass is 16.5. The minimum Gasteiger partial charge on any atom is -0.339 e. The van der Waals surface area contributed by atoms with E-state index in [2.05, 4.69) is 27.4 Å². The lowest BCUT2D eigenvalue weighted by atomic mass is 10.1. The van der Waals surface area contributed by atoms with Gasteiger partial charge >= 0.3 is 0 Å². The van der Waals surface area contributed by atoms with Gasteiger partial charge < -0.3 is 9.84 Å². The summed E-state index contributed by atoms with van der Waals surface area (Å²) in [6.07, 6.45) is 7.73. The molecule has 1 N–H and O–H groups in total. The molecule has 5 nitrogen and oxygen atoms in total. The molecule has 0 bridgehead atoms. The maximum absolute atomic E-state index is 5.37. The lowest BCUT2D eigenvalue weighted by Gasteiger charge is -2.14. The van der Waals surface area contributed by atoms with Gasteiger partial charge in [0.05, 0.1) is 0 Å². The van der Waals surface area contributed by atoms with Gasteiger partial charge in [0, 0.05) is 31.3 Å². The van der Waals surface area contributed by atoms with E-state index in [0.717, 1.165) is 36.2 Å². The molecule has 20 heavy (non-hydrogen) atoms. The third kappa shape index (κ3) is 3.42. The molecular weight excluding hydrogens is 252 g/mol. The fraction of sp³-hybridized carbons (Fsp3) is 0.533. The van der Waals surface area contributed by atoms with Crippen molar-refractivity contribution in [1.29, 1.82) is 0 Å². The molecule has 1 aliphatic carbocycles. The summed E-state index contributed by atoms with van der Waals surface area (Å²) < 4.78 is 5.37. The lowest BCUT2D eigenvalue weighted by molar-refractivity contribution is 0.345. The van der Waals surface area contributed by atoms with Crippen molar-refractivity contribution in [1.82, 2.24) is 20.4 Å². The summed E-state index contributed by atoms with van der Waals surface area (Å²) >= 11 is 0. The maximum Gasteiger partial charge on any atom is 0.228 e. The number of likely N-dealkylation sites (N-methyl/N-ethyl adjacent to an activating group) is 1. The predicted molar refractivity (Wildman–Crippen MR) is 75.2 cm³/mol. The number of nitrogens with zero attached hydrogens (tertiary/aromatic N) is 3. The molecule has 0 aromatic carbocycles. The average Bonchev–Trinajstić information content (AvgIpc) is 3.22. The van der Waals surface area contributed by atoms with E-state index in [-0.39, 0.29) is 0 Å². The molecule has 0 spiro atoms. The first-order valence-electron chi connectivity index (χ1n) is 7.29. The van der Waals surface area contributed by atoms with E-state index < -0.39 is 0 Å². The van der Waals surface area contributed by atoms with E-state index in [1.165, 1.54) is 12.8 Å². The number of aromatic nitrogens is 3. The van der Waals surface area contributed by atoms with Crippen LogP contribution in [0.25, 0.3) is 0 Å². The second-order valence-electron chi connectivity index (χ2n) is 5.35. The van der Waals surface area contributed by atoms with Gasteiger partial charge in [0.25, 0.3) is 0 Å². The Bertz CT molecular complexity index is 536. The molecule has 0 aliphatic heterocycles. The van der Waals surface area contributed by atoms with Gasteiger partial charge in [-0.2, -0.15) is 4.98 Å². The Morgan fingerprint density at radius 1 is 1.45 bits per heavy atom. The van der Waals surface area contributed by atoms with Crippen molar-refractivity contribution in [3.63, 3.8) is 0 Å². The molecule has 1 saturated carbocycles. The highest BCUT2D eigenvalue weighted by Gasteiger charge is 2.31. The first-order valence-corrected chi connectivity index (χ1v) is 7.29. The Kier molecular flexibility index (Phi) is 4.06. The summed E-state index contributed by atoms with van der Waals surface area (Å²) in [7, 11) is 0. The minimum absolute atomic E-state index is 0.478. The van der Waals surface area contributed by atoms with Crippen LogP contribution in [0.1, 0.15) is 37.0 Å². The van der Waals surface area contributed by atoms with Crippen LogP contribution in [-0.4, -0.2) is 27.7 Å². The molecule has 3 rings (SSSR count). The van der Waals surface area contributed by atoms with Crippen LogP contribution in [-0.2, 0) is 12.8 Å². The van der Waals surface area contributed by atoms with Crippen molar-refractivity contribution < 1.29 is 4.52 Å². The fourth-order valence-electron chi connectivity index (χ4n) is 2.48. The van der Waals surface area contributed by atoms with Crippen LogP contribution in [0.5, 0.6) is 0 Å². The summed E-state index contributed by atoms with van der Waals surface area (Å²) in [5.41, 5.74) is 1.10. The molecule has 1 aliphatic rings. The number of hydrogen-bond donors (Lipinski definition) is 1. The van der Waals surface area contributed by atoms with E-state index in [1.807, 2.05) is 18.3 Å². The zero-order chi connectivity index (χ0) is 13.8. The number of rotatable bonds is 7. The van der Waals surface area contributed by atoms with Crippen molar-refractivity contribution in [3.8, 4) is 0 Å². The number of hydrogen-bond acceptors (Lipinski definition) is 5. The third-order valence-corrected chi connectivity index (χ3v) is 3.65. The second kappa shape index (κ2) is 6.13. The van der Waals surface area contributed by atoms with E-state index in [4.69, 9.17) is 4.52 Å². The molecule has 1 fully saturated rings. The molecule has 0 radical (unpaired) electrons. The van der Waals surface area contributed by atoms with Gasteiger partial charge in [-0.25, -0.2) is 0 Å². The summed E-state index contributed by atoms with van der Waals surface area (Å²) in [4.78, 5) is 8.59. The van der Waals surface area contributed by atoms with Crippen LogP contribution in [0, 0.1) is 5.92 Å². The van der Waals surface area contributed by atoms with Gasteiger partial charge in [-0.05, 0) is 36.9 Å². The van der Waals surface area contributed by atoms with Gasteiger partial charge in [0.15, 0.2) is 5.82 Å². The summed E-state index contributed by atoms with van der Waals surface area (Å²) in [5, 5.41) is 7.58. The van der Waals surface area contributed by atoms with Crippen LogP contribution in [0.15, 0.2) is 29.0 Å². The molecule has 0 amide bonds. The second-order valence-corrected chi connectivity index (χ2v) is 5.35. The molecule has 1 unspecified atom stereocenters. The molecule has 2 aromatic rings. The van der Waals surface area contributed by atoms with Crippen LogP contribution in [0.2, 0.25) is 0 Å². The molecule has 2 aromatic heterocycles. The van der Waals surface area contributed by atoms with Gasteiger partial charge in [-0.15, -0.1) is 0 Å². The zero-order valence-electron chi connectivity index (χ0n) is 11.7. The lowest BCUT2D eigenvalue weighted by Crippen LogP contribution is -2.33. The first-order chi connectivity index (χ1) is 9.85. The van der Waals surface area contributed by atoms with Gasteiger partial charge in [-0.1, -0.05) is 18.1 Å². The van der Waals surface area contributed by atoms with Crippen LogP contribution in [0.4, 0.5) is 0 Å². The minimum atomic E-state index is 0.478. The third-order valence-electron chi connectivity index (χ3n) is 3.65. The Balaban J connectivity index is 1.61. The van der Waals surface area contributed by atoms with Crippen molar-refractivity contribution in [2.24, 2.45) is 5.92 Å². The van der Waals surface area contributed by atoms with Crippen LogP contribution < -0.4 is 5.32 Å². The molecule has 1 atom stereocenters. The number of pyridine rings is 1. The summed E-state index contributed by atoms with van der Waals surface area (Å²) in [6, 6.07) is 4.42. The smallest absolute Gasteiger partial charge is 0.228 e. The first kappa shape index (κ1) is 13.2. The standard InChI is InChI=1S/C15H20N4O/c1-2-17-13(12-5-6-12)9-15-18-14(19-20-15)8-11-4-3-7-16-10-11/h3-4,7,10,12-13,17H,2,5-6,8-9H2,1H3. The van der Waals surface area contributed by atoms with Crippen LogP contribution in [0.3, 0.4) is 0 Å². The molecule has 106 valence electrons. The normalized spacial score (nSPS) is 16.2. The van der Waals surface area contributed by atoms with Gasteiger partial charge in [0.1, 0.15) is 0 Å². The average molecular weight is 272 g/mol. The van der Waals surface area contributed by atoms with Crippen LogP contribution >= 0.6 is 0 Å². The van der Waals surface area contributed by atoms with E-state index >= 15 is 0 Å². The monoisotopic (exact) mass is 272 g/mol.